The number of nitrogens with zero attached hydrogens (tertiary/aromatic N) is 3. The lowest BCUT2D eigenvalue weighted by Crippen LogP contribution is -2.44. The number of aromatic nitrogens is 4. The first-order chi connectivity index (χ1) is 17.2. The summed E-state index contributed by atoms with van der Waals surface area (Å²) in [5.74, 6) is -0.578. The van der Waals surface area contributed by atoms with Crippen molar-refractivity contribution < 1.29 is 41.6 Å². The van der Waals surface area contributed by atoms with Gasteiger partial charge in [0.25, 0.3) is 5.56 Å². The first kappa shape index (κ1) is 27.7. The summed E-state index contributed by atoms with van der Waals surface area (Å²) in [5.41, 5.74) is 1.78. The molecule has 0 aromatic carbocycles. The SMILES string of the molecule is CC(=O)OCC(C)(C)C(=O)SCCO[P@]1(=O)OC[C@H]2O[C@@H](n3cnc4c(=O)[nH]c(N)nc43)[C@](C)(F)[C@@H]2O1. The maximum absolute atomic E-state index is 16.0. The third kappa shape index (κ3) is 5.59. The number of hydrogen-bond acceptors (Lipinski definition) is 13. The monoisotopic (exact) mass is 563 g/mol. The highest BCUT2D eigenvalue weighted by Gasteiger charge is 2.61. The summed E-state index contributed by atoms with van der Waals surface area (Å²) in [6.07, 6.45) is -2.43. The van der Waals surface area contributed by atoms with Crippen molar-refractivity contribution in [3.63, 3.8) is 0 Å². The minimum absolute atomic E-state index is 0.00689. The van der Waals surface area contributed by atoms with Crippen molar-refractivity contribution in [2.24, 2.45) is 5.41 Å². The number of alkyl halides is 1. The van der Waals surface area contributed by atoms with Crippen LogP contribution in [0.1, 0.15) is 33.9 Å². The molecule has 204 valence electrons. The number of nitrogen functional groups attached to an aromatic ring is 1. The molecule has 17 heteroatoms. The third-order valence-corrected chi connectivity index (χ3v) is 8.41. The molecule has 14 nitrogen and oxygen atoms in total. The van der Waals surface area contributed by atoms with E-state index in [4.69, 9.17) is 28.8 Å². The van der Waals surface area contributed by atoms with Crippen molar-refractivity contribution in [1.82, 2.24) is 19.5 Å². The Morgan fingerprint density at radius 2 is 2.19 bits per heavy atom. The number of thioether (sulfide) groups is 1. The average Bonchev–Trinajstić information content (AvgIpc) is 3.33. The summed E-state index contributed by atoms with van der Waals surface area (Å²) < 4.78 is 57.0. The van der Waals surface area contributed by atoms with Crippen LogP contribution < -0.4 is 11.3 Å². The third-order valence-electron chi connectivity index (χ3n) is 5.78. The van der Waals surface area contributed by atoms with E-state index in [1.165, 1.54) is 24.7 Å². The molecule has 2 aromatic rings. The summed E-state index contributed by atoms with van der Waals surface area (Å²) in [4.78, 5) is 45.8. The highest BCUT2D eigenvalue weighted by Crippen LogP contribution is 2.59. The molecule has 3 N–H and O–H groups in total. The molecule has 2 saturated heterocycles. The molecular weight excluding hydrogens is 536 g/mol. The number of nitrogens with two attached hydrogens (primary N) is 1. The summed E-state index contributed by atoms with van der Waals surface area (Å²) in [5, 5.41) is -0.259. The second kappa shape index (κ2) is 10.1. The number of esters is 1. The van der Waals surface area contributed by atoms with Crippen LogP contribution in [0.25, 0.3) is 11.2 Å². The van der Waals surface area contributed by atoms with Gasteiger partial charge < -0.3 is 15.2 Å². The van der Waals surface area contributed by atoms with E-state index in [1.54, 1.807) is 13.8 Å². The molecule has 0 spiro atoms. The van der Waals surface area contributed by atoms with Gasteiger partial charge >= 0.3 is 13.8 Å². The number of anilines is 1. The maximum Gasteiger partial charge on any atom is 0.475 e. The fourth-order valence-corrected chi connectivity index (χ4v) is 6.23. The lowest BCUT2D eigenvalue weighted by atomic mass is 9.97. The van der Waals surface area contributed by atoms with E-state index in [2.05, 4.69) is 15.0 Å². The van der Waals surface area contributed by atoms with Crippen LogP contribution in [0.15, 0.2) is 11.1 Å². The minimum atomic E-state index is -4.19. The molecule has 2 aliphatic heterocycles. The van der Waals surface area contributed by atoms with Crippen LogP contribution in [0.2, 0.25) is 0 Å². The number of carbonyl (C=O) groups excluding carboxylic acids is 2. The second-order valence-corrected chi connectivity index (χ2v) is 12.0. The number of nitrogens with one attached hydrogen (secondary N) is 1. The van der Waals surface area contributed by atoms with Gasteiger partial charge in [-0.3, -0.25) is 37.5 Å². The average molecular weight is 564 g/mol. The Morgan fingerprint density at radius 1 is 1.46 bits per heavy atom. The molecular formula is C20H27FN5O9PS. The minimum Gasteiger partial charge on any atom is -0.465 e. The fourth-order valence-electron chi connectivity index (χ4n) is 3.85. The van der Waals surface area contributed by atoms with Gasteiger partial charge in [0, 0.05) is 12.7 Å². The lowest BCUT2D eigenvalue weighted by Gasteiger charge is -2.33. The molecule has 0 radical (unpaired) electrons. The Bertz CT molecular complexity index is 1310. The Balaban J connectivity index is 1.39. The Hall–Kier alpha value is -2.36. The van der Waals surface area contributed by atoms with Gasteiger partial charge in [-0.15, -0.1) is 0 Å². The van der Waals surface area contributed by atoms with Gasteiger partial charge in [-0.1, -0.05) is 11.8 Å². The predicted octanol–water partition coefficient (Wildman–Crippen LogP) is 1.72. The summed E-state index contributed by atoms with van der Waals surface area (Å²) in [7, 11) is -4.19. The first-order valence-electron chi connectivity index (χ1n) is 11.2. The Labute approximate surface area is 214 Å². The standard InChI is InChI=1S/C20H27FN5O9PS/c1-10(27)31-8-19(2,3)17(29)37-6-5-32-36(30)33-7-11-13(35-36)20(4,21)16(34-11)26-9-23-12-14(26)24-18(22)25-15(12)28/h9,11,13,16H,5-8H2,1-4H3,(H3,22,24,25,28)/t11-,13-,16-,20-,36-/m1/s1. The molecule has 0 amide bonds. The van der Waals surface area contributed by atoms with Crippen LogP contribution in [-0.2, 0) is 37.2 Å². The van der Waals surface area contributed by atoms with Gasteiger partial charge in [-0.25, -0.2) is 13.9 Å². The van der Waals surface area contributed by atoms with Crippen molar-refractivity contribution in [1.29, 1.82) is 0 Å². The zero-order valence-corrected chi connectivity index (χ0v) is 22.2. The van der Waals surface area contributed by atoms with Crippen molar-refractivity contribution in [2.75, 3.05) is 31.3 Å². The van der Waals surface area contributed by atoms with Gasteiger partial charge in [0.05, 0.1) is 25.0 Å². The number of phosphoric acid groups is 1. The van der Waals surface area contributed by atoms with Gasteiger partial charge in [0.1, 0.15) is 18.8 Å². The van der Waals surface area contributed by atoms with Gasteiger partial charge in [0.15, 0.2) is 28.2 Å². The van der Waals surface area contributed by atoms with Crippen LogP contribution in [0, 0.1) is 5.41 Å². The van der Waals surface area contributed by atoms with E-state index in [9.17, 15) is 18.9 Å². The number of aromatic amines is 1. The molecule has 37 heavy (non-hydrogen) atoms. The van der Waals surface area contributed by atoms with Crippen molar-refractivity contribution in [3.8, 4) is 0 Å². The van der Waals surface area contributed by atoms with Gasteiger partial charge in [0.2, 0.25) is 5.95 Å². The predicted molar refractivity (Wildman–Crippen MR) is 128 cm³/mol. The van der Waals surface area contributed by atoms with E-state index >= 15 is 4.39 Å². The first-order valence-corrected chi connectivity index (χ1v) is 13.6. The highest BCUT2D eigenvalue weighted by atomic mass is 32.2. The van der Waals surface area contributed by atoms with Crippen molar-refractivity contribution >= 4 is 47.8 Å². The normalized spacial score (nSPS) is 29.8. The fraction of sp³-hybridized carbons (Fsp3) is 0.650. The number of imidazole rings is 1. The zero-order valence-electron chi connectivity index (χ0n) is 20.5. The van der Waals surface area contributed by atoms with Gasteiger partial charge in [-0.05, 0) is 20.8 Å². The Kier molecular flexibility index (Phi) is 7.53. The number of halogens is 1. The maximum atomic E-state index is 16.0. The molecule has 4 rings (SSSR count). The lowest BCUT2D eigenvalue weighted by molar-refractivity contribution is -0.145. The quantitative estimate of drug-likeness (QED) is 0.269. The van der Waals surface area contributed by atoms with E-state index in [0.29, 0.717) is 0 Å². The molecule has 2 aliphatic rings. The topological polar surface area (TPSA) is 187 Å². The molecule has 0 bridgehead atoms. The number of phosphoric ester groups is 1. The van der Waals surface area contributed by atoms with Crippen LogP contribution in [0.5, 0.6) is 0 Å². The number of H-pyrrole nitrogens is 1. The molecule has 0 aliphatic carbocycles. The smallest absolute Gasteiger partial charge is 0.465 e. The summed E-state index contributed by atoms with van der Waals surface area (Å²) >= 11 is 0.902. The summed E-state index contributed by atoms with van der Waals surface area (Å²) in [6, 6.07) is 0. The molecule has 2 aromatic heterocycles. The largest absolute Gasteiger partial charge is 0.475 e. The van der Waals surface area contributed by atoms with E-state index in [-0.39, 0.29) is 47.8 Å². The molecule has 0 saturated carbocycles. The molecule has 2 fully saturated rings. The number of hydrogen-bond donors (Lipinski definition) is 2. The number of rotatable bonds is 8. The summed E-state index contributed by atoms with van der Waals surface area (Å²) in [6.45, 7) is 5.14. The zero-order chi connectivity index (χ0) is 27.2. The van der Waals surface area contributed by atoms with E-state index in [0.717, 1.165) is 11.8 Å². The second-order valence-electron chi connectivity index (χ2n) is 9.36. The van der Waals surface area contributed by atoms with Crippen molar-refractivity contribution in [2.45, 2.75) is 51.8 Å². The molecule has 4 heterocycles. The van der Waals surface area contributed by atoms with Crippen LogP contribution in [0.4, 0.5) is 10.3 Å². The molecule has 5 atom stereocenters. The van der Waals surface area contributed by atoms with E-state index < -0.39 is 48.9 Å². The van der Waals surface area contributed by atoms with Gasteiger partial charge in [-0.2, -0.15) is 4.98 Å². The van der Waals surface area contributed by atoms with Crippen LogP contribution in [-0.4, -0.2) is 74.1 Å². The number of carbonyl (C=O) groups is 2. The molecule has 0 unspecified atom stereocenters. The number of ether oxygens (including phenoxy) is 2. The van der Waals surface area contributed by atoms with E-state index in [1.807, 2.05) is 0 Å². The highest BCUT2D eigenvalue weighted by molar-refractivity contribution is 8.13. The van der Waals surface area contributed by atoms with Crippen LogP contribution >= 0.6 is 19.6 Å². The Morgan fingerprint density at radius 3 is 2.89 bits per heavy atom. The number of fused-ring (bicyclic) bond motifs is 2. The van der Waals surface area contributed by atoms with Crippen LogP contribution in [0.3, 0.4) is 0 Å². The van der Waals surface area contributed by atoms with Crippen molar-refractivity contribution in [3.05, 3.63) is 16.7 Å².